The number of carbonyl (C=O) groups is 2. The number of amides is 1. The Hall–Kier alpha value is -2.74. The van der Waals surface area contributed by atoms with E-state index in [0.29, 0.717) is 17.8 Å². The molecule has 2 aromatic rings. The molecular formula is C19H23FN4O3. The van der Waals surface area contributed by atoms with Crippen LogP contribution in [0.2, 0.25) is 0 Å². The smallest absolute Gasteiger partial charge is 0.324 e. The molecule has 3 rings (SSSR count). The van der Waals surface area contributed by atoms with Crippen molar-refractivity contribution in [1.29, 1.82) is 0 Å². The number of aromatic amines is 1. The van der Waals surface area contributed by atoms with Crippen molar-refractivity contribution in [2.45, 2.75) is 37.9 Å². The van der Waals surface area contributed by atoms with Gasteiger partial charge in [0.1, 0.15) is 17.2 Å². The van der Waals surface area contributed by atoms with Gasteiger partial charge in [0.25, 0.3) is 0 Å². The van der Waals surface area contributed by atoms with Crippen LogP contribution in [0, 0.1) is 11.7 Å². The molecular weight excluding hydrogens is 351 g/mol. The first-order valence-electron chi connectivity index (χ1n) is 8.87. The Kier molecular flexibility index (Phi) is 5.27. The maximum atomic E-state index is 13.4. The number of benzene rings is 1. The molecule has 3 N–H and O–H groups in total. The zero-order valence-electron chi connectivity index (χ0n) is 15.3. The summed E-state index contributed by atoms with van der Waals surface area (Å²) in [6.07, 6.45) is 3.80. The van der Waals surface area contributed by atoms with E-state index < -0.39 is 23.5 Å². The lowest BCUT2D eigenvalue weighted by Gasteiger charge is -2.34. The van der Waals surface area contributed by atoms with Crippen LogP contribution in [0.5, 0.6) is 0 Å². The molecule has 0 unspecified atom stereocenters. The Labute approximate surface area is 156 Å². The zero-order chi connectivity index (χ0) is 19.6. The van der Waals surface area contributed by atoms with E-state index in [1.54, 1.807) is 43.4 Å². The van der Waals surface area contributed by atoms with Crippen molar-refractivity contribution in [3.8, 4) is 0 Å². The molecule has 27 heavy (non-hydrogen) atoms. The van der Waals surface area contributed by atoms with Crippen LogP contribution in [0.25, 0.3) is 0 Å². The van der Waals surface area contributed by atoms with E-state index in [0.717, 1.165) is 0 Å². The minimum absolute atomic E-state index is 0.182. The highest BCUT2D eigenvalue weighted by Crippen LogP contribution is 2.47. The predicted octanol–water partition coefficient (Wildman–Crippen LogP) is 2.09. The summed E-state index contributed by atoms with van der Waals surface area (Å²) in [5, 5.41) is 12.7. The van der Waals surface area contributed by atoms with Gasteiger partial charge < -0.3 is 15.4 Å². The van der Waals surface area contributed by atoms with Crippen molar-refractivity contribution < 1.29 is 19.1 Å². The topological polar surface area (TPSA) is 98.3 Å². The fourth-order valence-electron chi connectivity index (χ4n) is 3.99. The van der Waals surface area contributed by atoms with Crippen molar-refractivity contribution in [2.24, 2.45) is 5.92 Å². The first kappa shape index (κ1) is 19.0. The molecule has 7 nitrogen and oxygen atoms in total. The van der Waals surface area contributed by atoms with E-state index in [1.807, 2.05) is 0 Å². The molecule has 0 aliphatic carbocycles. The number of carboxylic acid groups (broad SMARTS) is 1. The fraction of sp³-hybridized carbons (Fsp3) is 0.421. The van der Waals surface area contributed by atoms with Crippen molar-refractivity contribution in [1.82, 2.24) is 20.2 Å². The number of aromatic nitrogens is 2. The minimum atomic E-state index is -1.15. The summed E-state index contributed by atoms with van der Waals surface area (Å²) in [5.74, 6) is -1.54. The molecule has 8 heteroatoms. The number of imidazole rings is 1. The third-order valence-electron chi connectivity index (χ3n) is 5.55. The highest BCUT2D eigenvalue weighted by Gasteiger charge is 2.56. The summed E-state index contributed by atoms with van der Waals surface area (Å²) in [4.78, 5) is 33.7. The van der Waals surface area contributed by atoms with E-state index in [2.05, 4.69) is 15.3 Å². The first-order valence-corrected chi connectivity index (χ1v) is 8.87. The SMILES string of the molecule is CC[C@]1(C(=O)O)C[C@@H](C(=O)NCc2ncc[nH]2)[C@@H](c2ccc(F)cc2)N1C. The fourth-order valence-corrected chi connectivity index (χ4v) is 3.99. The minimum Gasteiger partial charge on any atom is -0.480 e. The number of rotatable bonds is 6. The van der Waals surface area contributed by atoms with Gasteiger partial charge in [-0.3, -0.25) is 14.5 Å². The summed E-state index contributed by atoms with van der Waals surface area (Å²) in [5.41, 5.74) is -0.431. The second-order valence-electron chi connectivity index (χ2n) is 6.86. The molecule has 1 aliphatic rings. The maximum absolute atomic E-state index is 13.4. The van der Waals surface area contributed by atoms with E-state index in [1.165, 1.54) is 12.1 Å². The molecule has 0 radical (unpaired) electrons. The average molecular weight is 374 g/mol. The van der Waals surface area contributed by atoms with E-state index in [9.17, 15) is 19.1 Å². The number of hydrogen-bond acceptors (Lipinski definition) is 4. The largest absolute Gasteiger partial charge is 0.480 e. The van der Waals surface area contributed by atoms with Crippen LogP contribution < -0.4 is 5.32 Å². The van der Waals surface area contributed by atoms with Crippen molar-refractivity contribution >= 4 is 11.9 Å². The van der Waals surface area contributed by atoms with Crippen molar-refractivity contribution in [2.75, 3.05) is 7.05 Å². The third kappa shape index (κ3) is 3.44. The molecule has 1 fully saturated rings. The lowest BCUT2D eigenvalue weighted by Crippen LogP contribution is -2.48. The van der Waals surface area contributed by atoms with Gasteiger partial charge in [0.05, 0.1) is 12.5 Å². The van der Waals surface area contributed by atoms with Crippen molar-refractivity contribution in [3.63, 3.8) is 0 Å². The zero-order valence-corrected chi connectivity index (χ0v) is 15.3. The lowest BCUT2D eigenvalue weighted by atomic mass is 9.87. The molecule has 0 bridgehead atoms. The molecule has 0 spiro atoms. The Balaban J connectivity index is 1.91. The summed E-state index contributed by atoms with van der Waals surface area (Å²) >= 11 is 0. The number of H-pyrrole nitrogens is 1. The Bertz CT molecular complexity index is 809. The van der Waals surface area contributed by atoms with Gasteiger partial charge in [-0.15, -0.1) is 0 Å². The van der Waals surface area contributed by atoms with Crippen LogP contribution in [0.15, 0.2) is 36.7 Å². The molecule has 0 saturated carbocycles. The Morgan fingerprint density at radius 3 is 2.67 bits per heavy atom. The standard InChI is InChI=1S/C19H23FN4O3/c1-3-19(18(26)27)10-14(17(25)23-11-15-21-8-9-22-15)16(24(19)2)12-4-6-13(20)7-5-12/h4-9,14,16H,3,10-11H2,1-2H3,(H,21,22)(H,23,25)(H,26,27)/t14-,16-,19-/m1/s1. The molecule has 1 aliphatic heterocycles. The number of nitrogens with zero attached hydrogens (tertiary/aromatic N) is 2. The van der Waals surface area contributed by atoms with Crippen LogP contribution in [0.4, 0.5) is 4.39 Å². The van der Waals surface area contributed by atoms with Crippen LogP contribution in [-0.4, -0.2) is 44.4 Å². The number of carboxylic acids is 1. The van der Waals surface area contributed by atoms with Gasteiger partial charge in [0.2, 0.25) is 5.91 Å². The van der Waals surface area contributed by atoms with Gasteiger partial charge in [0.15, 0.2) is 0 Å². The van der Waals surface area contributed by atoms with Gasteiger partial charge in [-0.05, 0) is 37.6 Å². The summed E-state index contributed by atoms with van der Waals surface area (Å²) in [7, 11) is 1.71. The maximum Gasteiger partial charge on any atom is 0.324 e. The van der Waals surface area contributed by atoms with Crippen LogP contribution in [0.3, 0.4) is 0 Å². The van der Waals surface area contributed by atoms with Gasteiger partial charge in [-0.2, -0.15) is 0 Å². The highest BCUT2D eigenvalue weighted by molar-refractivity contribution is 5.85. The van der Waals surface area contributed by atoms with E-state index in [4.69, 9.17) is 0 Å². The average Bonchev–Trinajstić information content (AvgIpc) is 3.27. The van der Waals surface area contributed by atoms with Gasteiger partial charge in [0, 0.05) is 18.4 Å². The third-order valence-corrected chi connectivity index (χ3v) is 5.55. The Morgan fingerprint density at radius 1 is 1.41 bits per heavy atom. The molecule has 1 aromatic heterocycles. The Morgan fingerprint density at radius 2 is 2.11 bits per heavy atom. The summed E-state index contributed by atoms with van der Waals surface area (Å²) in [6, 6.07) is 5.41. The normalized spacial score (nSPS) is 25.4. The van der Waals surface area contributed by atoms with Crippen LogP contribution in [-0.2, 0) is 16.1 Å². The first-order chi connectivity index (χ1) is 12.9. The number of hydrogen-bond donors (Lipinski definition) is 3. The number of nitrogens with one attached hydrogen (secondary N) is 2. The number of likely N-dealkylation sites (N-methyl/N-ethyl adjacent to an activating group) is 1. The summed E-state index contributed by atoms with van der Waals surface area (Å²) in [6.45, 7) is 2.03. The quantitative estimate of drug-likeness (QED) is 0.719. The van der Waals surface area contributed by atoms with Gasteiger partial charge >= 0.3 is 5.97 Å². The molecule has 3 atom stereocenters. The molecule has 2 heterocycles. The monoisotopic (exact) mass is 374 g/mol. The lowest BCUT2D eigenvalue weighted by molar-refractivity contribution is -0.150. The molecule has 1 saturated heterocycles. The second-order valence-corrected chi connectivity index (χ2v) is 6.86. The van der Waals surface area contributed by atoms with E-state index >= 15 is 0 Å². The van der Waals surface area contributed by atoms with Crippen molar-refractivity contribution in [3.05, 3.63) is 53.9 Å². The second kappa shape index (κ2) is 7.48. The van der Waals surface area contributed by atoms with Crippen LogP contribution in [0.1, 0.15) is 37.2 Å². The predicted molar refractivity (Wildman–Crippen MR) is 96.1 cm³/mol. The molecule has 1 aromatic carbocycles. The van der Waals surface area contributed by atoms with Gasteiger partial charge in [-0.1, -0.05) is 19.1 Å². The van der Waals surface area contributed by atoms with Gasteiger partial charge in [-0.25, -0.2) is 9.37 Å². The molecule has 1 amide bonds. The molecule has 144 valence electrons. The van der Waals surface area contributed by atoms with E-state index in [-0.39, 0.29) is 24.7 Å². The highest BCUT2D eigenvalue weighted by atomic mass is 19.1. The number of halogens is 1. The summed E-state index contributed by atoms with van der Waals surface area (Å²) < 4.78 is 13.4. The number of aliphatic carboxylic acids is 1. The number of likely N-dealkylation sites (tertiary alicyclic amines) is 1. The van der Waals surface area contributed by atoms with Crippen LogP contribution >= 0.6 is 0 Å². The number of carbonyl (C=O) groups excluding carboxylic acids is 1.